The molecule has 37 heavy (non-hydrogen) atoms. The van der Waals surface area contributed by atoms with Crippen LogP contribution < -0.4 is 15.3 Å². The Bertz CT molecular complexity index is 559. The molecule has 1 radical (unpaired) electrons. The van der Waals surface area contributed by atoms with Crippen LogP contribution in [0.25, 0.3) is 0 Å². The van der Waals surface area contributed by atoms with Crippen LogP contribution in [0.5, 0.6) is 0 Å². The van der Waals surface area contributed by atoms with Gasteiger partial charge in [0, 0.05) is 34.2 Å². The molecule has 0 N–H and O–H groups in total. The molecule has 2 unspecified atom stereocenters. The topological polar surface area (TPSA) is 120 Å². The Morgan fingerprint density at radius 2 is 0.784 bits per heavy atom. The molecule has 225 valence electrons. The zero-order valence-electron chi connectivity index (χ0n) is 25.3. The van der Waals surface area contributed by atoms with Gasteiger partial charge in [-0.3, -0.25) is 0 Å². The largest absolute Gasteiger partial charge is 3.00 e. The Morgan fingerprint density at radius 3 is 1.03 bits per heavy atom. The SMILES string of the molecule is CCCCCC(C)(CC)C(=O)[O-].CCCCCC(C)(CC)C(=O)[O-].CCCCCCC(C)(C)C(=O)[O-].[Er+3]. The van der Waals surface area contributed by atoms with Crippen molar-refractivity contribution < 1.29 is 67.0 Å². The van der Waals surface area contributed by atoms with Gasteiger partial charge in [-0.15, -0.1) is 0 Å². The van der Waals surface area contributed by atoms with Crippen LogP contribution in [0.3, 0.4) is 0 Å². The van der Waals surface area contributed by atoms with Crippen LogP contribution in [0.15, 0.2) is 0 Å². The van der Waals surface area contributed by atoms with E-state index < -0.39 is 34.2 Å². The predicted molar refractivity (Wildman–Crippen MR) is 143 cm³/mol. The first-order chi connectivity index (χ1) is 16.6. The number of carbonyl (C=O) groups is 3. The number of carboxylic acids is 3. The van der Waals surface area contributed by atoms with E-state index in [2.05, 4.69) is 20.8 Å². The third kappa shape index (κ3) is 22.2. The average Bonchev–Trinajstić information content (AvgIpc) is 2.82. The van der Waals surface area contributed by atoms with E-state index in [9.17, 15) is 29.7 Å². The summed E-state index contributed by atoms with van der Waals surface area (Å²) in [6.45, 7) is 17.2. The van der Waals surface area contributed by atoms with E-state index in [4.69, 9.17) is 0 Å². The molecule has 0 heterocycles. The van der Waals surface area contributed by atoms with Crippen molar-refractivity contribution in [2.75, 3.05) is 0 Å². The van der Waals surface area contributed by atoms with E-state index in [1.54, 1.807) is 27.7 Å². The molecule has 0 spiro atoms. The van der Waals surface area contributed by atoms with E-state index in [1.807, 2.05) is 13.8 Å². The first kappa shape index (κ1) is 43.7. The number of hydrogen-bond acceptors (Lipinski definition) is 6. The van der Waals surface area contributed by atoms with E-state index in [0.29, 0.717) is 12.8 Å². The van der Waals surface area contributed by atoms with Crippen LogP contribution in [0, 0.1) is 53.6 Å². The molecule has 0 aliphatic carbocycles. The van der Waals surface area contributed by atoms with Crippen LogP contribution in [0.1, 0.15) is 159 Å². The Morgan fingerprint density at radius 1 is 0.486 bits per heavy atom. The van der Waals surface area contributed by atoms with Gasteiger partial charge in [0.05, 0.1) is 0 Å². The van der Waals surface area contributed by atoms with Crippen LogP contribution in [0.2, 0.25) is 0 Å². The molecule has 0 saturated carbocycles. The van der Waals surface area contributed by atoms with Gasteiger partial charge in [-0.1, -0.05) is 127 Å². The maximum Gasteiger partial charge on any atom is 3.00 e. The summed E-state index contributed by atoms with van der Waals surface area (Å²) in [4.78, 5) is 32.0. The monoisotopic (exact) mass is 679 g/mol. The normalized spacial score (nSPS) is 13.9. The predicted octanol–water partition coefficient (Wildman–Crippen LogP) is 5.20. The molecule has 0 fully saturated rings. The molecule has 0 aliphatic rings. The molecule has 6 nitrogen and oxygen atoms in total. The molecule has 0 aromatic rings. The van der Waals surface area contributed by atoms with Crippen LogP contribution in [-0.2, 0) is 14.4 Å². The van der Waals surface area contributed by atoms with Crippen molar-refractivity contribution in [3.8, 4) is 0 Å². The van der Waals surface area contributed by atoms with Crippen molar-refractivity contribution in [1.82, 2.24) is 0 Å². The van der Waals surface area contributed by atoms with E-state index in [-0.39, 0.29) is 37.3 Å². The summed E-state index contributed by atoms with van der Waals surface area (Å²) in [7, 11) is 0. The molecular weight excluding hydrogens is 624 g/mol. The van der Waals surface area contributed by atoms with Crippen LogP contribution >= 0.6 is 0 Å². The van der Waals surface area contributed by atoms with Gasteiger partial charge in [0.15, 0.2) is 0 Å². The maximum absolute atomic E-state index is 10.7. The summed E-state index contributed by atoms with van der Waals surface area (Å²) < 4.78 is 0. The third-order valence-corrected chi connectivity index (χ3v) is 7.42. The minimum absolute atomic E-state index is 0. The van der Waals surface area contributed by atoms with Gasteiger partial charge in [0.25, 0.3) is 0 Å². The number of unbranched alkanes of at least 4 members (excludes halogenated alkanes) is 7. The quantitative estimate of drug-likeness (QED) is 0.184. The molecule has 0 aromatic carbocycles. The average molecular weight is 681 g/mol. The second-order valence-corrected chi connectivity index (χ2v) is 11.3. The number of carboxylic acid groups (broad SMARTS) is 3. The second kappa shape index (κ2) is 24.7. The van der Waals surface area contributed by atoms with E-state index in [1.165, 1.54) is 12.8 Å². The van der Waals surface area contributed by atoms with Crippen molar-refractivity contribution >= 4 is 17.9 Å². The summed E-state index contributed by atoms with van der Waals surface area (Å²) in [6, 6.07) is 0. The van der Waals surface area contributed by atoms with Gasteiger partial charge >= 0.3 is 37.3 Å². The van der Waals surface area contributed by atoms with Crippen molar-refractivity contribution in [2.24, 2.45) is 16.2 Å². The number of carbonyl (C=O) groups excluding carboxylic acids is 3. The fourth-order valence-electron chi connectivity index (χ4n) is 3.47. The number of aliphatic carboxylic acids is 3. The molecule has 0 saturated heterocycles. The fourth-order valence-corrected chi connectivity index (χ4v) is 3.47. The minimum Gasteiger partial charge on any atom is -0.550 e. The summed E-state index contributed by atoms with van der Waals surface area (Å²) in [5, 5.41) is 32.0. The van der Waals surface area contributed by atoms with E-state index >= 15 is 0 Å². The third-order valence-electron chi connectivity index (χ3n) is 7.42. The Balaban J connectivity index is -0.000000218. The summed E-state index contributed by atoms with van der Waals surface area (Å²) >= 11 is 0. The molecule has 0 aliphatic heterocycles. The minimum atomic E-state index is -0.931. The zero-order chi connectivity index (χ0) is 28.8. The smallest absolute Gasteiger partial charge is 0.550 e. The van der Waals surface area contributed by atoms with Gasteiger partial charge in [0.1, 0.15) is 0 Å². The van der Waals surface area contributed by atoms with Gasteiger partial charge in [-0.25, -0.2) is 0 Å². The number of rotatable bonds is 18. The number of hydrogen-bond donors (Lipinski definition) is 0. The molecule has 0 bridgehead atoms. The van der Waals surface area contributed by atoms with Gasteiger partial charge < -0.3 is 29.7 Å². The Hall–Kier alpha value is -0.343. The van der Waals surface area contributed by atoms with Crippen molar-refractivity contribution in [3.05, 3.63) is 0 Å². The standard InChI is InChI=1S/3C10H20O2.Er/c1-4-5-6-7-8-10(2,3)9(11)12;2*1-4-6-7-8-10(3,5-2)9(11)12;/h3*4-8H2,1-3H3,(H,11,12);/q;;;+3/p-3. The van der Waals surface area contributed by atoms with Crippen LogP contribution in [-0.4, -0.2) is 17.9 Å². The second-order valence-electron chi connectivity index (χ2n) is 11.3. The van der Waals surface area contributed by atoms with Crippen molar-refractivity contribution in [2.45, 2.75) is 159 Å². The Labute approximate surface area is 258 Å². The van der Waals surface area contributed by atoms with E-state index in [0.717, 1.165) is 70.6 Å². The summed E-state index contributed by atoms with van der Waals surface area (Å²) in [5.41, 5.74) is -1.85. The van der Waals surface area contributed by atoms with Crippen LogP contribution in [0.4, 0.5) is 0 Å². The first-order valence-electron chi connectivity index (χ1n) is 14.3. The first-order valence-corrected chi connectivity index (χ1v) is 14.3. The maximum atomic E-state index is 10.7. The molecule has 7 heteroatoms. The molecule has 0 rings (SSSR count). The fraction of sp³-hybridized carbons (Fsp3) is 0.900. The van der Waals surface area contributed by atoms with Gasteiger partial charge in [0.2, 0.25) is 0 Å². The molecule has 0 aromatic heterocycles. The summed E-state index contributed by atoms with van der Waals surface area (Å²) in [5.74, 6) is -2.73. The zero-order valence-corrected chi connectivity index (χ0v) is 27.2. The van der Waals surface area contributed by atoms with Crippen molar-refractivity contribution in [1.29, 1.82) is 0 Å². The van der Waals surface area contributed by atoms with Gasteiger partial charge in [-0.2, -0.15) is 0 Å². The molecular formula is C30H57ErO6. The Kier molecular flexibility index (Phi) is 29.1. The molecule has 2 atom stereocenters. The molecule has 0 amide bonds. The summed E-state index contributed by atoms with van der Waals surface area (Å²) in [6.07, 6.45) is 14.6. The van der Waals surface area contributed by atoms with Gasteiger partial charge in [-0.05, 0) is 32.1 Å². The van der Waals surface area contributed by atoms with Crippen molar-refractivity contribution in [3.63, 3.8) is 0 Å².